The maximum atomic E-state index is 10.4. The fourth-order valence-electron chi connectivity index (χ4n) is 3.35. The smallest absolute Gasteiger partial charge is 0.127 e. The normalized spacial score (nSPS) is 45.0. The lowest BCUT2D eigenvalue weighted by Gasteiger charge is -2.27. The maximum Gasteiger partial charge on any atom is 0.127 e. The van der Waals surface area contributed by atoms with Gasteiger partial charge in [0, 0.05) is 12.8 Å². The van der Waals surface area contributed by atoms with Crippen LogP contribution in [0.4, 0.5) is 0 Å². The molecule has 0 bridgehead atoms. The number of ether oxygens (including phenoxy) is 2. The summed E-state index contributed by atoms with van der Waals surface area (Å²) in [6.07, 6.45) is 4.32. The molecule has 1 aliphatic carbocycles. The summed E-state index contributed by atoms with van der Waals surface area (Å²) in [6.45, 7) is 7.58. The SMILES string of the molecule is CC(C)=C/C=C1/C[C@@H]2O[C@@H](C(C)(C)O)C[C@]23O[C@@H]3[C@@H]1O. The van der Waals surface area contributed by atoms with Gasteiger partial charge in [-0.25, -0.2) is 0 Å². The third-order valence-electron chi connectivity index (χ3n) is 4.66. The number of epoxide rings is 1. The summed E-state index contributed by atoms with van der Waals surface area (Å²) in [5.41, 5.74) is 0.912. The largest absolute Gasteiger partial charge is 0.388 e. The Hall–Kier alpha value is -0.680. The molecule has 112 valence electrons. The van der Waals surface area contributed by atoms with Crippen molar-refractivity contribution in [2.45, 2.75) is 76.2 Å². The van der Waals surface area contributed by atoms with E-state index in [2.05, 4.69) is 0 Å². The molecule has 3 rings (SSSR count). The molecule has 0 aromatic rings. The van der Waals surface area contributed by atoms with Gasteiger partial charge in [-0.05, 0) is 33.3 Å². The molecule has 0 unspecified atom stereocenters. The first-order valence-electron chi connectivity index (χ1n) is 7.32. The van der Waals surface area contributed by atoms with Crippen LogP contribution in [-0.4, -0.2) is 45.8 Å². The molecule has 3 fully saturated rings. The van der Waals surface area contributed by atoms with E-state index in [0.717, 1.165) is 5.57 Å². The van der Waals surface area contributed by atoms with Crippen LogP contribution in [0.2, 0.25) is 0 Å². The Morgan fingerprint density at radius 2 is 2.10 bits per heavy atom. The monoisotopic (exact) mass is 280 g/mol. The molecule has 2 saturated heterocycles. The Kier molecular flexibility index (Phi) is 3.14. The van der Waals surface area contributed by atoms with Crippen LogP contribution in [0.3, 0.4) is 0 Å². The third-order valence-corrected chi connectivity index (χ3v) is 4.66. The summed E-state index contributed by atoms with van der Waals surface area (Å²) in [7, 11) is 0. The highest BCUT2D eigenvalue weighted by atomic mass is 16.7. The highest BCUT2D eigenvalue weighted by Gasteiger charge is 2.72. The first-order valence-corrected chi connectivity index (χ1v) is 7.32. The summed E-state index contributed by atoms with van der Waals surface area (Å²) in [4.78, 5) is 0. The topological polar surface area (TPSA) is 62.2 Å². The van der Waals surface area contributed by atoms with Crippen LogP contribution in [0.25, 0.3) is 0 Å². The zero-order chi connectivity index (χ0) is 14.7. The number of rotatable bonds is 2. The number of aliphatic hydroxyl groups excluding tert-OH is 1. The lowest BCUT2D eigenvalue weighted by molar-refractivity contribution is -0.0855. The average Bonchev–Trinajstić information content (AvgIpc) is 2.92. The van der Waals surface area contributed by atoms with E-state index in [1.807, 2.05) is 26.0 Å². The van der Waals surface area contributed by atoms with Crippen molar-refractivity contribution < 1.29 is 19.7 Å². The molecule has 0 aromatic carbocycles. The van der Waals surface area contributed by atoms with Gasteiger partial charge in [0.2, 0.25) is 0 Å². The van der Waals surface area contributed by atoms with Crippen molar-refractivity contribution in [1.82, 2.24) is 0 Å². The van der Waals surface area contributed by atoms with Crippen molar-refractivity contribution in [2.24, 2.45) is 0 Å². The van der Waals surface area contributed by atoms with E-state index >= 15 is 0 Å². The van der Waals surface area contributed by atoms with E-state index < -0.39 is 11.7 Å². The van der Waals surface area contributed by atoms with E-state index in [-0.39, 0.29) is 23.9 Å². The van der Waals surface area contributed by atoms with Crippen molar-refractivity contribution in [3.63, 3.8) is 0 Å². The lowest BCUT2D eigenvalue weighted by atomic mass is 9.79. The van der Waals surface area contributed by atoms with Gasteiger partial charge < -0.3 is 19.7 Å². The molecule has 4 heteroatoms. The molecule has 0 aromatic heterocycles. The minimum atomic E-state index is -0.878. The predicted octanol–water partition coefficient (Wildman–Crippen LogP) is 1.71. The van der Waals surface area contributed by atoms with Gasteiger partial charge in [0.15, 0.2) is 0 Å². The summed E-state index contributed by atoms with van der Waals surface area (Å²) in [5.74, 6) is 0. The summed E-state index contributed by atoms with van der Waals surface area (Å²) in [5, 5.41) is 20.5. The average molecular weight is 280 g/mol. The molecular weight excluding hydrogens is 256 g/mol. The zero-order valence-corrected chi connectivity index (χ0v) is 12.6. The highest BCUT2D eigenvalue weighted by Crippen LogP contribution is 2.58. The second-order valence-corrected chi connectivity index (χ2v) is 7.10. The molecule has 4 nitrogen and oxygen atoms in total. The molecule has 5 atom stereocenters. The van der Waals surface area contributed by atoms with Gasteiger partial charge in [-0.2, -0.15) is 0 Å². The minimum Gasteiger partial charge on any atom is -0.388 e. The Morgan fingerprint density at radius 3 is 2.70 bits per heavy atom. The third kappa shape index (κ3) is 2.15. The van der Waals surface area contributed by atoms with Crippen LogP contribution in [-0.2, 0) is 9.47 Å². The molecule has 2 N–H and O–H groups in total. The molecule has 20 heavy (non-hydrogen) atoms. The molecule has 0 amide bonds. The van der Waals surface area contributed by atoms with Crippen LogP contribution >= 0.6 is 0 Å². The highest BCUT2D eigenvalue weighted by molar-refractivity contribution is 5.33. The molecular formula is C16H24O4. The summed E-state index contributed by atoms with van der Waals surface area (Å²) < 4.78 is 11.8. The van der Waals surface area contributed by atoms with Crippen LogP contribution in [0.15, 0.2) is 23.3 Å². The van der Waals surface area contributed by atoms with Crippen molar-refractivity contribution in [1.29, 1.82) is 0 Å². The molecule has 2 aliphatic heterocycles. The van der Waals surface area contributed by atoms with Crippen LogP contribution in [0.1, 0.15) is 40.5 Å². The Labute approximate surface area is 120 Å². The number of hydrogen-bond acceptors (Lipinski definition) is 4. The number of hydrogen-bond donors (Lipinski definition) is 2. The van der Waals surface area contributed by atoms with E-state index in [4.69, 9.17) is 9.47 Å². The molecule has 2 heterocycles. The summed E-state index contributed by atoms with van der Waals surface area (Å²) in [6, 6.07) is 0. The standard InChI is InChI=1S/C16H24O4/c1-9(2)5-6-10-7-11-16(14(20-16)13(10)17)8-12(19-11)15(3,4)18/h5-6,11-14,17-18H,7-8H2,1-4H3/b10-6-/t11-,12+,13+,14+,16-/m0/s1. The van der Waals surface area contributed by atoms with Gasteiger partial charge in [0.05, 0.1) is 17.8 Å². The van der Waals surface area contributed by atoms with Crippen LogP contribution < -0.4 is 0 Å². The van der Waals surface area contributed by atoms with Gasteiger partial charge in [-0.1, -0.05) is 17.7 Å². The van der Waals surface area contributed by atoms with E-state index in [1.54, 1.807) is 13.8 Å². The van der Waals surface area contributed by atoms with E-state index in [1.165, 1.54) is 5.57 Å². The van der Waals surface area contributed by atoms with Crippen molar-refractivity contribution in [3.8, 4) is 0 Å². The second-order valence-electron chi connectivity index (χ2n) is 7.10. The van der Waals surface area contributed by atoms with E-state index in [0.29, 0.717) is 12.8 Å². The van der Waals surface area contributed by atoms with Crippen LogP contribution in [0.5, 0.6) is 0 Å². The fraction of sp³-hybridized carbons (Fsp3) is 0.750. The fourth-order valence-corrected chi connectivity index (χ4v) is 3.35. The van der Waals surface area contributed by atoms with Gasteiger partial charge in [-0.15, -0.1) is 0 Å². The van der Waals surface area contributed by atoms with Gasteiger partial charge in [0.25, 0.3) is 0 Å². The molecule has 0 radical (unpaired) electrons. The van der Waals surface area contributed by atoms with Crippen molar-refractivity contribution in [2.75, 3.05) is 0 Å². The molecule has 1 saturated carbocycles. The lowest BCUT2D eigenvalue weighted by Crippen LogP contribution is -2.39. The minimum absolute atomic E-state index is 0.0517. The number of allylic oxidation sites excluding steroid dienone is 3. The summed E-state index contributed by atoms with van der Waals surface area (Å²) >= 11 is 0. The van der Waals surface area contributed by atoms with Gasteiger partial charge >= 0.3 is 0 Å². The zero-order valence-electron chi connectivity index (χ0n) is 12.6. The van der Waals surface area contributed by atoms with E-state index in [9.17, 15) is 10.2 Å². The van der Waals surface area contributed by atoms with Crippen molar-refractivity contribution in [3.05, 3.63) is 23.3 Å². The maximum absolute atomic E-state index is 10.4. The van der Waals surface area contributed by atoms with Gasteiger partial charge in [-0.3, -0.25) is 0 Å². The van der Waals surface area contributed by atoms with Crippen molar-refractivity contribution >= 4 is 0 Å². The Bertz CT molecular complexity index is 469. The van der Waals surface area contributed by atoms with Gasteiger partial charge in [0.1, 0.15) is 17.8 Å². The Balaban J connectivity index is 1.81. The second kappa shape index (κ2) is 4.41. The Morgan fingerprint density at radius 1 is 1.40 bits per heavy atom. The molecule has 3 aliphatic rings. The van der Waals surface area contributed by atoms with Crippen LogP contribution in [0, 0.1) is 0 Å². The molecule has 1 spiro atoms. The quantitative estimate of drug-likeness (QED) is 0.756. The first-order chi connectivity index (χ1) is 9.24. The predicted molar refractivity (Wildman–Crippen MR) is 75.3 cm³/mol. The first kappa shape index (κ1) is 14.3. The number of aliphatic hydroxyl groups is 2.